The third-order valence-electron chi connectivity index (χ3n) is 5.53. The number of halogens is 3. The van der Waals surface area contributed by atoms with Gasteiger partial charge in [0.2, 0.25) is 0 Å². The molecule has 0 spiro atoms. The van der Waals surface area contributed by atoms with Crippen LogP contribution in [-0.4, -0.2) is 37.1 Å². The molecule has 0 amide bonds. The summed E-state index contributed by atoms with van der Waals surface area (Å²) in [4.78, 5) is 14.5. The Hall–Kier alpha value is -3.60. The Morgan fingerprint density at radius 3 is 2.57 bits per heavy atom. The van der Waals surface area contributed by atoms with Crippen molar-refractivity contribution in [3.05, 3.63) is 72.1 Å². The van der Waals surface area contributed by atoms with Crippen molar-refractivity contribution in [3.8, 4) is 16.9 Å². The van der Waals surface area contributed by atoms with Crippen molar-refractivity contribution < 1.29 is 36.2 Å². The van der Waals surface area contributed by atoms with Crippen molar-refractivity contribution in [1.82, 2.24) is 4.98 Å². The Morgan fingerprint density at radius 1 is 1.14 bits per heavy atom. The summed E-state index contributed by atoms with van der Waals surface area (Å²) in [7, 11) is -4.09. The maximum absolute atomic E-state index is 13.6. The Labute approximate surface area is 199 Å². The summed E-state index contributed by atoms with van der Waals surface area (Å²) in [5.74, 6) is -0.849. The van der Waals surface area contributed by atoms with E-state index in [0.29, 0.717) is 5.56 Å². The number of pyridine rings is 1. The minimum atomic E-state index is -4.63. The van der Waals surface area contributed by atoms with Crippen LogP contribution >= 0.6 is 0 Å². The third-order valence-corrected chi connectivity index (χ3v) is 7.31. The predicted octanol–water partition coefficient (Wildman–Crippen LogP) is 4.90. The van der Waals surface area contributed by atoms with Gasteiger partial charge in [-0.15, -0.1) is 0 Å². The average molecular weight is 507 g/mol. The smallest absolute Gasteiger partial charge is 0.433 e. The zero-order valence-corrected chi connectivity index (χ0v) is 19.3. The Kier molecular flexibility index (Phi) is 6.46. The zero-order valence-electron chi connectivity index (χ0n) is 18.5. The molecule has 0 saturated heterocycles. The fourth-order valence-corrected chi connectivity index (χ4v) is 5.43. The zero-order chi connectivity index (χ0) is 25.4. The van der Waals surface area contributed by atoms with Crippen LogP contribution in [-0.2, 0) is 21.0 Å². The highest BCUT2D eigenvalue weighted by Crippen LogP contribution is 2.41. The minimum Gasteiger partial charge on any atom is -0.486 e. The van der Waals surface area contributed by atoms with E-state index in [0.717, 1.165) is 22.1 Å². The van der Waals surface area contributed by atoms with Crippen LogP contribution in [0.15, 0.2) is 65.7 Å². The summed E-state index contributed by atoms with van der Waals surface area (Å²) in [6.45, 7) is 1.60. The summed E-state index contributed by atoms with van der Waals surface area (Å²) in [5, 5.41) is 9.04. The van der Waals surface area contributed by atoms with Gasteiger partial charge in [0.15, 0.2) is 0 Å². The largest absolute Gasteiger partial charge is 0.486 e. The molecule has 2 heterocycles. The molecule has 1 aromatic heterocycles. The van der Waals surface area contributed by atoms with Gasteiger partial charge in [0.1, 0.15) is 17.5 Å². The van der Waals surface area contributed by atoms with Crippen LogP contribution in [0.4, 0.5) is 18.9 Å². The van der Waals surface area contributed by atoms with Crippen molar-refractivity contribution in [3.63, 3.8) is 0 Å². The van der Waals surface area contributed by atoms with E-state index in [9.17, 15) is 26.4 Å². The second kappa shape index (κ2) is 9.21. The number of rotatable bonds is 6. The van der Waals surface area contributed by atoms with Gasteiger partial charge in [0, 0.05) is 12.6 Å². The molecule has 7 nitrogen and oxygen atoms in total. The molecule has 1 aliphatic rings. The van der Waals surface area contributed by atoms with Gasteiger partial charge < -0.3 is 9.84 Å². The molecule has 35 heavy (non-hydrogen) atoms. The van der Waals surface area contributed by atoms with E-state index in [4.69, 9.17) is 9.84 Å². The van der Waals surface area contributed by atoms with Gasteiger partial charge in [-0.1, -0.05) is 18.2 Å². The van der Waals surface area contributed by atoms with Gasteiger partial charge in [0.25, 0.3) is 10.0 Å². The van der Waals surface area contributed by atoms with E-state index in [1.807, 2.05) is 0 Å². The molecule has 3 aromatic rings. The molecule has 0 radical (unpaired) electrons. The molecule has 0 aliphatic carbocycles. The molecule has 4 rings (SSSR count). The number of alkyl halides is 3. The Morgan fingerprint density at radius 2 is 1.89 bits per heavy atom. The van der Waals surface area contributed by atoms with Crippen LogP contribution in [0.5, 0.6) is 5.75 Å². The molecule has 0 fully saturated rings. The normalized spacial score (nSPS) is 15.9. The SMILES string of the molecule is Cc1cccc(S(=O)(=O)N2C[C@H](CCC(=O)O)Oc3ccc(-c4ccnc(C(F)(F)F)c4)cc32)c1. The number of aryl methyl sites for hydroxylation is 1. The fraction of sp³-hybridized carbons (Fsp3) is 0.250. The van der Waals surface area contributed by atoms with Gasteiger partial charge >= 0.3 is 12.1 Å². The van der Waals surface area contributed by atoms with Gasteiger partial charge in [-0.25, -0.2) is 8.42 Å². The van der Waals surface area contributed by atoms with Crippen LogP contribution in [0.25, 0.3) is 11.1 Å². The number of sulfonamides is 1. The van der Waals surface area contributed by atoms with Crippen molar-refractivity contribution in [2.45, 2.75) is 36.9 Å². The molecule has 0 unspecified atom stereocenters. The molecule has 1 N–H and O–H groups in total. The van der Waals surface area contributed by atoms with Crippen molar-refractivity contribution in [2.24, 2.45) is 0 Å². The van der Waals surface area contributed by atoms with Crippen LogP contribution in [0.3, 0.4) is 0 Å². The summed E-state index contributed by atoms with van der Waals surface area (Å²) < 4.78 is 73.7. The first-order chi connectivity index (χ1) is 16.4. The summed E-state index contributed by atoms with van der Waals surface area (Å²) in [5.41, 5.74) is 0.361. The quantitative estimate of drug-likeness (QED) is 0.511. The maximum atomic E-state index is 13.6. The monoisotopic (exact) mass is 506 g/mol. The number of hydrogen-bond donors (Lipinski definition) is 1. The number of carboxylic acids is 1. The molecule has 1 atom stereocenters. The average Bonchev–Trinajstić information content (AvgIpc) is 2.81. The van der Waals surface area contributed by atoms with Crippen LogP contribution in [0.1, 0.15) is 24.1 Å². The standard InChI is InChI=1S/C24H21F3N2O5S/c1-15-3-2-4-19(11-15)35(32,33)29-14-18(6-8-23(30)31)34-21-7-5-16(12-20(21)29)17-9-10-28-22(13-17)24(25,26)27/h2-5,7,9-13,18H,6,8,14H2,1H3,(H,30,31)/t18-/m0/s1. The first-order valence-corrected chi connectivity index (χ1v) is 12.0. The predicted molar refractivity (Wildman–Crippen MR) is 122 cm³/mol. The molecule has 0 saturated carbocycles. The number of hydrogen-bond acceptors (Lipinski definition) is 5. The second-order valence-corrected chi connectivity index (χ2v) is 10.00. The lowest BCUT2D eigenvalue weighted by atomic mass is 10.0. The highest BCUT2D eigenvalue weighted by atomic mass is 32.2. The maximum Gasteiger partial charge on any atom is 0.433 e. The molecular weight excluding hydrogens is 485 g/mol. The number of fused-ring (bicyclic) bond motifs is 1. The number of aliphatic carboxylic acids is 1. The number of anilines is 1. The topological polar surface area (TPSA) is 96.8 Å². The highest BCUT2D eigenvalue weighted by molar-refractivity contribution is 7.92. The lowest BCUT2D eigenvalue weighted by Gasteiger charge is -2.35. The molecule has 1 aliphatic heterocycles. The Bertz CT molecular complexity index is 1380. The van der Waals surface area contributed by atoms with Gasteiger partial charge in [-0.3, -0.25) is 14.1 Å². The number of carboxylic acid groups (broad SMARTS) is 1. The number of carbonyl (C=O) groups is 1. The number of ether oxygens (including phenoxy) is 1. The van der Waals surface area contributed by atoms with E-state index < -0.39 is 34.0 Å². The van der Waals surface area contributed by atoms with Crippen LogP contribution in [0, 0.1) is 6.92 Å². The van der Waals surface area contributed by atoms with Crippen molar-refractivity contribution in [1.29, 1.82) is 0 Å². The fourth-order valence-electron chi connectivity index (χ4n) is 3.82. The van der Waals surface area contributed by atoms with E-state index in [-0.39, 0.29) is 41.3 Å². The number of nitrogens with zero attached hydrogens (tertiary/aromatic N) is 2. The summed E-state index contributed by atoms with van der Waals surface area (Å²) in [6.07, 6.45) is -4.45. The van der Waals surface area contributed by atoms with Gasteiger partial charge in [0.05, 0.1) is 17.1 Å². The third kappa shape index (κ3) is 5.24. The van der Waals surface area contributed by atoms with E-state index >= 15 is 0 Å². The van der Waals surface area contributed by atoms with Crippen molar-refractivity contribution >= 4 is 21.7 Å². The first kappa shape index (κ1) is 24.5. The summed E-state index contributed by atoms with van der Waals surface area (Å²) in [6, 6.07) is 13.1. The van der Waals surface area contributed by atoms with E-state index in [1.165, 1.54) is 36.4 Å². The van der Waals surface area contributed by atoms with Gasteiger partial charge in [-0.05, 0) is 66.4 Å². The van der Waals surface area contributed by atoms with Crippen LogP contribution < -0.4 is 9.04 Å². The van der Waals surface area contributed by atoms with Gasteiger partial charge in [-0.2, -0.15) is 13.2 Å². The van der Waals surface area contributed by atoms with E-state index in [1.54, 1.807) is 19.1 Å². The summed E-state index contributed by atoms with van der Waals surface area (Å²) >= 11 is 0. The van der Waals surface area contributed by atoms with Crippen LogP contribution in [0.2, 0.25) is 0 Å². The minimum absolute atomic E-state index is 0.0380. The lowest BCUT2D eigenvalue weighted by Crippen LogP contribution is -2.43. The molecule has 2 aromatic carbocycles. The van der Waals surface area contributed by atoms with Crippen molar-refractivity contribution in [2.75, 3.05) is 10.8 Å². The van der Waals surface area contributed by atoms with E-state index in [2.05, 4.69) is 4.98 Å². The number of benzene rings is 2. The molecule has 0 bridgehead atoms. The molecular formula is C24H21F3N2O5S. The second-order valence-electron chi connectivity index (χ2n) is 8.13. The lowest BCUT2D eigenvalue weighted by molar-refractivity contribution is -0.141. The molecule has 184 valence electrons. The molecule has 11 heteroatoms. The first-order valence-electron chi connectivity index (χ1n) is 10.6. The highest BCUT2D eigenvalue weighted by Gasteiger charge is 2.36. The number of aromatic nitrogens is 1. The Balaban J connectivity index is 1.80.